The van der Waals surface area contributed by atoms with Crippen molar-refractivity contribution in [3.05, 3.63) is 35.9 Å². The Balaban J connectivity index is 1.67. The molecule has 3 saturated heterocycles. The zero-order valence-corrected chi connectivity index (χ0v) is 34.8. The fourth-order valence-corrected chi connectivity index (χ4v) is 9.08. The third-order valence-electron chi connectivity index (χ3n) is 12.4. The number of aliphatic hydroxyl groups excluding tert-OH is 2. The third kappa shape index (κ3) is 9.71. The standard InChI is InChI=1S/C42H65N3O11/c1-11-32-42(8,50)37-25(4)33-23(2)20-41(7,52-22-29(21-51-37)44-56-31(38(48)43-33)18-17-28-15-13-12-14-16-28)36(26(5)34(46)27(6)39(49)54-32)55-40-35(47)30(45(9)10)19-24(3)53-40/h12-16,23-27,30-32,34-37,40,46-47,50H,11,17-22H2,1-10H3/b43-33?,44-29+/t23-,24-,25-,26+,27-,30+,31-,32-,34+,35-,36-,37+,40+,41-,42-/m1/s1. The molecule has 1 aromatic carbocycles. The maximum absolute atomic E-state index is 14.3. The summed E-state index contributed by atoms with van der Waals surface area (Å²) in [5.74, 6) is -4.24. The Morgan fingerprint density at radius 1 is 0.982 bits per heavy atom. The molecule has 1 aromatic rings. The van der Waals surface area contributed by atoms with E-state index in [2.05, 4.69) is 5.16 Å². The van der Waals surface area contributed by atoms with Crippen LogP contribution in [0, 0.1) is 23.7 Å². The van der Waals surface area contributed by atoms with Gasteiger partial charge in [-0.25, -0.2) is 4.99 Å². The van der Waals surface area contributed by atoms with E-state index in [1.807, 2.05) is 77.0 Å². The first-order valence-electron chi connectivity index (χ1n) is 20.3. The summed E-state index contributed by atoms with van der Waals surface area (Å²) in [5.41, 5.74) is -1.30. The van der Waals surface area contributed by atoms with Gasteiger partial charge in [-0.05, 0) is 79.0 Å². The number of likely N-dealkylation sites (N-methyl/N-ethyl adjacent to an activating group) is 1. The van der Waals surface area contributed by atoms with Crippen LogP contribution in [0.3, 0.4) is 0 Å². The van der Waals surface area contributed by atoms with Gasteiger partial charge in [0.25, 0.3) is 5.91 Å². The lowest BCUT2D eigenvalue weighted by Crippen LogP contribution is -2.60. The van der Waals surface area contributed by atoms with Crippen LogP contribution in [0.25, 0.3) is 0 Å². The van der Waals surface area contributed by atoms with Crippen molar-refractivity contribution < 1.29 is 53.4 Å². The number of fused-ring (bicyclic) bond motifs is 4. The van der Waals surface area contributed by atoms with Crippen molar-refractivity contribution in [2.45, 2.75) is 154 Å². The molecule has 0 unspecified atom stereocenters. The molecule has 14 nitrogen and oxygen atoms in total. The SMILES string of the molecule is CC[C@H]1OC(=O)[C@H](C)[C@@H](O)[C@H](C)[C@@H](O[C@@H]2O[C@H](C)C[C@H](N(C)C)[C@H]2O)[C@@]2(C)C[C@@H](C)C3=NC(=O)[C@@H](CCc4ccccc4)O/N=C(\CO[C@@H]([C@@H]3C)[C@]1(C)O)CO2. The van der Waals surface area contributed by atoms with Crippen molar-refractivity contribution in [2.24, 2.45) is 33.8 Å². The van der Waals surface area contributed by atoms with Crippen LogP contribution >= 0.6 is 0 Å². The number of hydrogen-bond donors (Lipinski definition) is 3. The largest absolute Gasteiger partial charge is 0.459 e. The average molecular weight is 788 g/mol. The summed E-state index contributed by atoms with van der Waals surface area (Å²) >= 11 is 0. The molecule has 0 aliphatic carbocycles. The summed E-state index contributed by atoms with van der Waals surface area (Å²) in [7, 11) is 3.78. The lowest BCUT2D eigenvalue weighted by molar-refractivity contribution is -0.302. The number of hydrogen-bond acceptors (Lipinski definition) is 13. The van der Waals surface area contributed by atoms with Crippen molar-refractivity contribution in [2.75, 3.05) is 27.3 Å². The van der Waals surface area contributed by atoms with Gasteiger partial charge in [0.15, 0.2) is 6.29 Å². The molecule has 0 saturated carbocycles. The molecular weight excluding hydrogens is 722 g/mol. The van der Waals surface area contributed by atoms with Gasteiger partial charge in [0.1, 0.15) is 23.5 Å². The highest BCUT2D eigenvalue weighted by atomic mass is 16.7. The van der Waals surface area contributed by atoms with E-state index in [0.29, 0.717) is 30.7 Å². The summed E-state index contributed by atoms with van der Waals surface area (Å²) in [6, 6.07) is 9.50. The van der Waals surface area contributed by atoms with E-state index < -0.39 is 89.7 Å². The number of oxime groups is 1. The topological polar surface area (TPSA) is 178 Å². The highest BCUT2D eigenvalue weighted by molar-refractivity contribution is 6.00. The van der Waals surface area contributed by atoms with Crippen molar-refractivity contribution >= 4 is 23.3 Å². The van der Waals surface area contributed by atoms with E-state index in [0.717, 1.165) is 5.56 Å². The maximum atomic E-state index is 14.3. The summed E-state index contributed by atoms with van der Waals surface area (Å²) in [6.45, 7) is 14.0. The highest BCUT2D eigenvalue weighted by Gasteiger charge is 2.53. The summed E-state index contributed by atoms with van der Waals surface area (Å²) < 4.78 is 32.6. The summed E-state index contributed by atoms with van der Waals surface area (Å²) in [6.07, 6.45) is -5.95. The Hall–Kier alpha value is -2.82. The molecule has 0 aromatic heterocycles. The smallest absolute Gasteiger partial charge is 0.311 e. The van der Waals surface area contributed by atoms with Crippen LogP contribution < -0.4 is 0 Å². The number of aliphatic hydroxyl groups is 3. The minimum atomic E-state index is -1.78. The predicted octanol–water partition coefficient (Wildman–Crippen LogP) is 3.71. The number of esters is 1. The molecule has 0 spiro atoms. The van der Waals surface area contributed by atoms with Crippen LogP contribution in [0.5, 0.6) is 0 Å². The van der Waals surface area contributed by atoms with Gasteiger partial charge in [0, 0.05) is 30.0 Å². The molecule has 1 amide bonds. The number of aryl methyl sites for hydroxylation is 1. The van der Waals surface area contributed by atoms with Gasteiger partial charge in [-0.1, -0.05) is 63.2 Å². The molecule has 314 valence electrons. The fourth-order valence-electron chi connectivity index (χ4n) is 9.08. The first-order chi connectivity index (χ1) is 26.4. The summed E-state index contributed by atoms with van der Waals surface area (Å²) in [4.78, 5) is 40.9. The van der Waals surface area contributed by atoms with E-state index in [4.69, 9.17) is 33.5 Å². The zero-order chi connectivity index (χ0) is 41.1. The molecule has 5 rings (SSSR count). The van der Waals surface area contributed by atoms with Crippen molar-refractivity contribution in [1.82, 2.24) is 4.90 Å². The average Bonchev–Trinajstić information content (AvgIpc) is 3.18. The number of nitrogens with zero attached hydrogens (tertiary/aromatic N) is 3. The Morgan fingerprint density at radius 3 is 2.34 bits per heavy atom. The Bertz CT molecular complexity index is 1560. The first-order valence-corrected chi connectivity index (χ1v) is 20.3. The van der Waals surface area contributed by atoms with Gasteiger partial charge in [0.2, 0.25) is 6.10 Å². The van der Waals surface area contributed by atoms with Gasteiger partial charge in [-0.15, -0.1) is 0 Å². The van der Waals surface area contributed by atoms with E-state index in [-0.39, 0.29) is 38.2 Å². The molecule has 14 heteroatoms. The van der Waals surface area contributed by atoms with Gasteiger partial charge in [0.05, 0.1) is 49.1 Å². The van der Waals surface area contributed by atoms with E-state index in [1.54, 1.807) is 27.7 Å². The molecular formula is C42H65N3O11. The number of ether oxygens (including phenoxy) is 5. The minimum Gasteiger partial charge on any atom is -0.459 e. The second-order valence-electron chi connectivity index (χ2n) is 17.2. The Kier molecular flexibility index (Phi) is 14.6. The normalized spacial score (nSPS) is 42.7. The molecule has 4 aliphatic rings. The van der Waals surface area contributed by atoms with Crippen LogP contribution in [0.1, 0.15) is 86.6 Å². The van der Waals surface area contributed by atoms with Crippen LogP contribution in [-0.4, -0.2) is 137 Å². The lowest BCUT2D eigenvalue weighted by Gasteiger charge is -2.48. The number of carbonyl (C=O) groups excluding carboxylic acids is 2. The Morgan fingerprint density at radius 2 is 1.68 bits per heavy atom. The molecule has 4 bridgehead atoms. The van der Waals surface area contributed by atoms with Gasteiger partial charge >= 0.3 is 5.97 Å². The lowest BCUT2D eigenvalue weighted by atomic mass is 9.73. The van der Waals surface area contributed by atoms with E-state index in [9.17, 15) is 24.9 Å². The van der Waals surface area contributed by atoms with Crippen LogP contribution in [-0.2, 0) is 44.5 Å². The van der Waals surface area contributed by atoms with Crippen LogP contribution in [0.2, 0.25) is 0 Å². The first kappa shape index (κ1) is 44.3. The molecule has 4 heterocycles. The van der Waals surface area contributed by atoms with Gasteiger partial charge in [-0.2, -0.15) is 0 Å². The number of aliphatic imine (C=N–C) groups is 1. The van der Waals surface area contributed by atoms with E-state index in [1.165, 1.54) is 0 Å². The zero-order valence-electron chi connectivity index (χ0n) is 34.8. The number of benzene rings is 1. The summed E-state index contributed by atoms with van der Waals surface area (Å²) in [5, 5.41) is 40.5. The maximum Gasteiger partial charge on any atom is 0.311 e. The molecule has 3 fully saturated rings. The highest BCUT2D eigenvalue weighted by Crippen LogP contribution is 2.41. The van der Waals surface area contributed by atoms with Crippen molar-refractivity contribution in [3.8, 4) is 0 Å². The quantitative estimate of drug-likeness (QED) is 0.342. The monoisotopic (exact) mass is 787 g/mol. The number of rotatable bonds is 7. The molecule has 56 heavy (non-hydrogen) atoms. The molecule has 15 atom stereocenters. The van der Waals surface area contributed by atoms with Crippen molar-refractivity contribution in [3.63, 3.8) is 0 Å². The second-order valence-corrected chi connectivity index (χ2v) is 17.2. The van der Waals surface area contributed by atoms with Crippen LogP contribution in [0.15, 0.2) is 40.5 Å². The van der Waals surface area contributed by atoms with Crippen molar-refractivity contribution in [1.29, 1.82) is 0 Å². The number of carbonyl (C=O) groups is 2. The number of amides is 1. The molecule has 4 aliphatic heterocycles. The number of cyclic esters (lactones) is 1. The molecule has 3 N–H and O–H groups in total. The second kappa shape index (κ2) is 18.4. The van der Waals surface area contributed by atoms with E-state index >= 15 is 0 Å². The fraction of sp³-hybridized carbons (Fsp3) is 0.762. The Labute approximate surface area is 331 Å². The molecule has 0 radical (unpaired) electrons. The van der Waals surface area contributed by atoms with Crippen LogP contribution in [0.4, 0.5) is 0 Å². The van der Waals surface area contributed by atoms with Gasteiger partial charge < -0.3 is 48.7 Å². The predicted molar refractivity (Wildman–Crippen MR) is 209 cm³/mol. The minimum absolute atomic E-state index is 0.131. The third-order valence-corrected chi connectivity index (χ3v) is 12.4. The van der Waals surface area contributed by atoms with Gasteiger partial charge in [-0.3, -0.25) is 9.59 Å².